The summed E-state index contributed by atoms with van der Waals surface area (Å²) in [5.74, 6) is -1.19. The van der Waals surface area contributed by atoms with Gasteiger partial charge in [-0.05, 0) is 50.9 Å². The summed E-state index contributed by atoms with van der Waals surface area (Å²) in [7, 11) is 2.95. The highest BCUT2D eigenvalue weighted by Crippen LogP contribution is 2.40. The summed E-state index contributed by atoms with van der Waals surface area (Å²) in [5.41, 5.74) is 2.88. The molecule has 240 valence electrons. The number of hydrogen-bond donors (Lipinski definition) is 1. The quantitative estimate of drug-likeness (QED) is 0.154. The Morgan fingerprint density at radius 2 is 1.59 bits per heavy atom. The first-order chi connectivity index (χ1) is 20.2. The van der Waals surface area contributed by atoms with Gasteiger partial charge < -0.3 is 24.4 Å². The fourth-order valence-electron chi connectivity index (χ4n) is 5.58. The standard InChI is InChI=1S/C31H38N4O7.2ClH/c1-21-27(30(36)41-4)29(23-10-9-11-24(20-23)35(38)39)28(22(2)32-21)31(37)42-19-8-7-14-33-15-17-34(18-16-33)25-12-5-6-13-26(25)40-3;;/h5-6,9-13,20,29,32H,7-8,14-19H2,1-4H3;2*1H. The zero-order chi connectivity index (χ0) is 30.2. The number of carbonyl (C=O) groups excluding carboxylic acids is 2. The van der Waals surface area contributed by atoms with Gasteiger partial charge in [-0.15, -0.1) is 24.8 Å². The number of allylic oxidation sites excluding steroid dienone is 2. The number of nitrogens with one attached hydrogen (secondary N) is 1. The zero-order valence-corrected chi connectivity index (χ0v) is 27.0. The smallest absolute Gasteiger partial charge is 0.336 e. The van der Waals surface area contributed by atoms with E-state index in [0.717, 1.165) is 50.6 Å². The third kappa shape index (κ3) is 8.43. The molecule has 1 fully saturated rings. The molecule has 4 rings (SSSR count). The number of methoxy groups -OCH3 is 2. The molecular weight excluding hydrogens is 611 g/mol. The van der Waals surface area contributed by atoms with E-state index in [2.05, 4.69) is 21.2 Å². The van der Waals surface area contributed by atoms with Crippen LogP contribution in [-0.2, 0) is 19.1 Å². The molecule has 2 aromatic carbocycles. The SMILES string of the molecule is COC(=O)C1=C(C)NC(C)=C(C(=O)OCCCCN2CCN(c3ccccc3OC)CC2)C1c1cccc([N+](=O)[O-])c1.Cl.Cl. The monoisotopic (exact) mass is 650 g/mol. The van der Waals surface area contributed by atoms with Gasteiger partial charge in [0.15, 0.2) is 0 Å². The molecule has 11 nitrogen and oxygen atoms in total. The topological polar surface area (TPSA) is 123 Å². The number of piperazine rings is 1. The van der Waals surface area contributed by atoms with Crippen molar-refractivity contribution in [2.24, 2.45) is 0 Å². The number of esters is 2. The first-order valence-corrected chi connectivity index (χ1v) is 14.0. The van der Waals surface area contributed by atoms with E-state index in [1.807, 2.05) is 18.2 Å². The van der Waals surface area contributed by atoms with Gasteiger partial charge in [-0.25, -0.2) is 9.59 Å². The fourth-order valence-corrected chi connectivity index (χ4v) is 5.58. The van der Waals surface area contributed by atoms with Gasteiger partial charge in [0.05, 0.1) is 48.5 Å². The minimum absolute atomic E-state index is 0. The first-order valence-electron chi connectivity index (χ1n) is 14.0. The summed E-state index contributed by atoms with van der Waals surface area (Å²) in [5, 5.41) is 14.5. The molecule has 1 N–H and O–H groups in total. The number of ether oxygens (including phenoxy) is 3. The summed E-state index contributed by atoms with van der Waals surface area (Å²) < 4.78 is 16.2. The third-order valence-corrected chi connectivity index (χ3v) is 7.70. The number of para-hydroxylation sites is 2. The molecule has 0 aromatic heterocycles. The molecule has 44 heavy (non-hydrogen) atoms. The lowest BCUT2D eigenvalue weighted by atomic mass is 9.80. The minimum atomic E-state index is -0.870. The van der Waals surface area contributed by atoms with Crippen LogP contribution in [0.4, 0.5) is 11.4 Å². The largest absolute Gasteiger partial charge is 0.495 e. The van der Waals surface area contributed by atoms with E-state index in [0.29, 0.717) is 23.4 Å². The van der Waals surface area contributed by atoms with Crippen LogP contribution in [0.5, 0.6) is 5.75 Å². The second kappa shape index (κ2) is 16.9. The van der Waals surface area contributed by atoms with Crippen molar-refractivity contribution in [3.63, 3.8) is 0 Å². The Hall–Kier alpha value is -3.80. The van der Waals surface area contributed by atoms with Crippen molar-refractivity contribution < 1.29 is 28.7 Å². The molecule has 0 spiro atoms. The Bertz CT molecular complexity index is 1390. The highest BCUT2D eigenvalue weighted by Gasteiger charge is 2.38. The van der Waals surface area contributed by atoms with Gasteiger partial charge in [0.25, 0.3) is 5.69 Å². The lowest BCUT2D eigenvalue weighted by molar-refractivity contribution is -0.384. The van der Waals surface area contributed by atoms with Crippen molar-refractivity contribution in [3.05, 3.63) is 86.7 Å². The second-order valence-electron chi connectivity index (χ2n) is 10.3. The van der Waals surface area contributed by atoms with Crippen LogP contribution in [0, 0.1) is 10.1 Å². The molecule has 0 radical (unpaired) electrons. The number of anilines is 1. The first kappa shape index (κ1) is 36.4. The number of nitro groups is 1. The highest BCUT2D eigenvalue weighted by molar-refractivity contribution is 5.99. The van der Waals surface area contributed by atoms with Crippen LogP contribution in [-0.4, -0.2) is 75.3 Å². The normalized spacial score (nSPS) is 16.7. The van der Waals surface area contributed by atoms with Crippen LogP contribution in [0.2, 0.25) is 0 Å². The Kier molecular flexibility index (Phi) is 14.0. The molecule has 0 saturated carbocycles. The molecule has 2 aromatic rings. The van der Waals surface area contributed by atoms with Crippen LogP contribution in [0.15, 0.2) is 71.1 Å². The summed E-state index contributed by atoms with van der Waals surface area (Å²) in [6, 6.07) is 14.0. The van der Waals surface area contributed by atoms with Crippen LogP contribution >= 0.6 is 24.8 Å². The second-order valence-corrected chi connectivity index (χ2v) is 10.3. The highest BCUT2D eigenvalue weighted by atomic mass is 35.5. The fraction of sp³-hybridized carbons (Fsp3) is 0.419. The van der Waals surface area contributed by atoms with Crippen LogP contribution < -0.4 is 15.0 Å². The molecule has 0 bridgehead atoms. The Morgan fingerprint density at radius 1 is 0.932 bits per heavy atom. The van der Waals surface area contributed by atoms with Gasteiger partial charge in [0.2, 0.25) is 0 Å². The molecule has 2 aliphatic rings. The summed E-state index contributed by atoms with van der Waals surface area (Å²) in [4.78, 5) is 41.9. The maximum absolute atomic E-state index is 13.4. The molecule has 0 amide bonds. The Labute approximate surface area is 270 Å². The molecule has 2 heterocycles. The molecule has 1 unspecified atom stereocenters. The van der Waals surface area contributed by atoms with Crippen molar-refractivity contribution in [2.75, 3.05) is 58.5 Å². The number of nitro benzene ring substituents is 1. The Balaban J connectivity index is 0.00000337. The molecule has 13 heteroatoms. The van der Waals surface area contributed by atoms with E-state index in [1.54, 1.807) is 27.0 Å². The van der Waals surface area contributed by atoms with Crippen LogP contribution in [0.3, 0.4) is 0 Å². The van der Waals surface area contributed by atoms with Crippen LogP contribution in [0.25, 0.3) is 0 Å². The average Bonchev–Trinajstić information content (AvgIpc) is 3.00. The van der Waals surface area contributed by atoms with Crippen molar-refractivity contribution in [1.29, 1.82) is 0 Å². The van der Waals surface area contributed by atoms with Gasteiger partial charge in [-0.2, -0.15) is 0 Å². The van der Waals surface area contributed by atoms with Gasteiger partial charge in [0, 0.05) is 49.7 Å². The number of carbonyl (C=O) groups is 2. The van der Waals surface area contributed by atoms with E-state index in [-0.39, 0.29) is 48.3 Å². The lowest BCUT2D eigenvalue weighted by Crippen LogP contribution is -2.46. The van der Waals surface area contributed by atoms with Crippen molar-refractivity contribution >= 4 is 48.1 Å². The molecule has 2 aliphatic heterocycles. The number of non-ortho nitro benzene ring substituents is 1. The Morgan fingerprint density at radius 3 is 2.23 bits per heavy atom. The van der Waals surface area contributed by atoms with E-state index < -0.39 is 22.8 Å². The van der Waals surface area contributed by atoms with Gasteiger partial charge in [-0.1, -0.05) is 24.3 Å². The van der Waals surface area contributed by atoms with Gasteiger partial charge >= 0.3 is 11.9 Å². The van der Waals surface area contributed by atoms with Crippen molar-refractivity contribution in [2.45, 2.75) is 32.6 Å². The lowest BCUT2D eigenvalue weighted by Gasteiger charge is -2.36. The molecule has 1 atom stereocenters. The molecular formula is C31H40Cl2N4O7. The number of unbranched alkanes of at least 4 members (excludes halogenated alkanes) is 1. The van der Waals surface area contributed by atoms with Crippen molar-refractivity contribution in [3.8, 4) is 5.75 Å². The summed E-state index contributed by atoms with van der Waals surface area (Å²) >= 11 is 0. The van der Waals surface area contributed by atoms with Crippen molar-refractivity contribution in [1.82, 2.24) is 10.2 Å². The van der Waals surface area contributed by atoms with Gasteiger partial charge in [-0.3, -0.25) is 15.0 Å². The van der Waals surface area contributed by atoms with E-state index in [1.165, 1.54) is 25.3 Å². The van der Waals surface area contributed by atoms with E-state index in [9.17, 15) is 19.7 Å². The van der Waals surface area contributed by atoms with Crippen LogP contribution in [0.1, 0.15) is 38.2 Å². The summed E-state index contributed by atoms with van der Waals surface area (Å²) in [6.45, 7) is 8.22. The number of rotatable bonds is 11. The number of halogens is 2. The zero-order valence-electron chi connectivity index (χ0n) is 25.4. The average molecular weight is 652 g/mol. The number of dihydropyridines is 1. The minimum Gasteiger partial charge on any atom is -0.495 e. The molecule has 0 aliphatic carbocycles. The number of nitrogens with zero attached hydrogens (tertiary/aromatic N) is 3. The number of benzene rings is 2. The van der Waals surface area contributed by atoms with E-state index >= 15 is 0 Å². The maximum atomic E-state index is 13.4. The predicted octanol–water partition coefficient (Wildman–Crippen LogP) is 5.00. The third-order valence-electron chi connectivity index (χ3n) is 7.70. The number of hydrogen-bond acceptors (Lipinski definition) is 10. The van der Waals surface area contributed by atoms with E-state index in [4.69, 9.17) is 14.2 Å². The van der Waals surface area contributed by atoms with Gasteiger partial charge in [0.1, 0.15) is 5.75 Å². The molecule has 1 saturated heterocycles. The predicted molar refractivity (Wildman–Crippen MR) is 173 cm³/mol. The summed E-state index contributed by atoms with van der Waals surface area (Å²) in [6.07, 6.45) is 1.54. The maximum Gasteiger partial charge on any atom is 0.336 e.